The van der Waals surface area contributed by atoms with Gasteiger partial charge in [0.15, 0.2) is 0 Å². The average Bonchev–Trinajstić information content (AvgIpc) is 3.00. The Morgan fingerprint density at radius 2 is 2.27 bits per heavy atom. The zero-order valence-corrected chi connectivity index (χ0v) is 9.52. The summed E-state index contributed by atoms with van der Waals surface area (Å²) in [4.78, 5) is 0. The van der Waals surface area contributed by atoms with Gasteiger partial charge in [-0.05, 0) is 49.9 Å². The number of hydrogen-bond donors (Lipinski definition) is 1. The third-order valence-electron chi connectivity index (χ3n) is 3.02. The van der Waals surface area contributed by atoms with Gasteiger partial charge >= 0.3 is 0 Å². The normalized spacial score (nSPS) is 17.8. The Balaban J connectivity index is 2.08. The molecular formula is C12H15ClFN. The molecule has 15 heavy (non-hydrogen) atoms. The minimum atomic E-state index is -0.191. The van der Waals surface area contributed by atoms with E-state index in [2.05, 4.69) is 5.32 Å². The predicted molar refractivity (Wildman–Crippen MR) is 60.7 cm³/mol. The van der Waals surface area contributed by atoms with Crippen molar-refractivity contribution >= 4 is 11.6 Å². The van der Waals surface area contributed by atoms with E-state index in [4.69, 9.17) is 11.6 Å². The molecule has 1 N–H and O–H groups in total. The molecule has 1 aromatic rings. The summed E-state index contributed by atoms with van der Waals surface area (Å²) in [5.74, 6) is 0.536. The Labute approximate surface area is 94.6 Å². The van der Waals surface area contributed by atoms with Gasteiger partial charge in [0.1, 0.15) is 5.82 Å². The van der Waals surface area contributed by atoms with Gasteiger partial charge in [-0.3, -0.25) is 0 Å². The van der Waals surface area contributed by atoms with Crippen LogP contribution in [0.5, 0.6) is 0 Å². The molecule has 1 nitrogen and oxygen atoms in total. The van der Waals surface area contributed by atoms with Crippen LogP contribution in [-0.2, 0) is 6.42 Å². The molecule has 0 saturated heterocycles. The van der Waals surface area contributed by atoms with Crippen LogP contribution in [0.25, 0.3) is 0 Å². The molecule has 0 spiro atoms. The van der Waals surface area contributed by atoms with Crippen molar-refractivity contribution in [3.8, 4) is 0 Å². The van der Waals surface area contributed by atoms with E-state index < -0.39 is 0 Å². The van der Waals surface area contributed by atoms with Crippen molar-refractivity contribution in [3.05, 3.63) is 34.6 Å². The molecule has 1 fully saturated rings. The Kier molecular flexibility index (Phi) is 3.27. The van der Waals surface area contributed by atoms with E-state index >= 15 is 0 Å². The highest BCUT2D eigenvalue weighted by molar-refractivity contribution is 6.30. The third-order valence-corrected chi connectivity index (χ3v) is 3.25. The first-order chi connectivity index (χ1) is 7.20. The van der Waals surface area contributed by atoms with E-state index in [0.29, 0.717) is 11.1 Å². The molecule has 0 aromatic heterocycles. The van der Waals surface area contributed by atoms with Gasteiger partial charge in [-0.15, -0.1) is 0 Å². The van der Waals surface area contributed by atoms with E-state index in [-0.39, 0.29) is 5.82 Å². The number of likely N-dealkylation sites (N-methyl/N-ethyl adjacent to an activating group) is 1. The van der Waals surface area contributed by atoms with E-state index in [1.54, 1.807) is 12.1 Å². The maximum atomic E-state index is 13.5. The van der Waals surface area contributed by atoms with Crippen molar-refractivity contribution in [1.82, 2.24) is 5.32 Å². The van der Waals surface area contributed by atoms with Gasteiger partial charge in [0.25, 0.3) is 0 Å². The highest BCUT2D eigenvalue weighted by Crippen LogP contribution is 2.34. The molecule has 3 heteroatoms. The minimum Gasteiger partial charge on any atom is -0.316 e. The van der Waals surface area contributed by atoms with Crippen LogP contribution in [-0.4, -0.2) is 13.1 Å². The van der Waals surface area contributed by atoms with Crippen molar-refractivity contribution in [3.63, 3.8) is 0 Å². The summed E-state index contributed by atoms with van der Waals surface area (Å²) in [6.45, 7) is 0. The lowest BCUT2D eigenvalue weighted by atomic mass is 10.0. The maximum Gasteiger partial charge on any atom is 0.127 e. The van der Waals surface area contributed by atoms with Crippen LogP contribution >= 0.6 is 11.6 Å². The van der Waals surface area contributed by atoms with Gasteiger partial charge in [-0.1, -0.05) is 17.7 Å². The Bertz CT molecular complexity index is 349. The summed E-state index contributed by atoms with van der Waals surface area (Å²) in [5, 5.41) is 3.72. The second kappa shape index (κ2) is 4.50. The number of benzene rings is 1. The fraction of sp³-hybridized carbons (Fsp3) is 0.500. The van der Waals surface area contributed by atoms with E-state index in [9.17, 15) is 4.39 Å². The molecule has 0 amide bonds. The summed E-state index contributed by atoms with van der Waals surface area (Å²) < 4.78 is 13.5. The van der Waals surface area contributed by atoms with Crippen molar-refractivity contribution in [2.24, 2.45) is 5.92 Å². The summed E-state index contributed by atoms with van der Waals surface area (Å²) >= 11 is 5.71. The molecule has 1 atom stereocenters. The summed E-state index contributed by atoms with van der Waals surface area (Å²) in [5.41, 5.74) is 0.755. The van der Waals surface area contributed by atoms with Gasteiger partial charge in [0, 0.05) is 11.1 Å². The number of rotatable bonds is 4. The van der Waals surface area contributed by atoms with Crippen molar-refractivity contribution in [2.75, 3.05) is 7.05 Å². The van der Waals surface area contributed by atoms with Gasteiger partial charge < -0.3 is 5.32 Å². The number of hydrogen-bond acceptors (Lipinski definition) is 1. The molecule has 82 valence electrons. The molecular weight excluding hydrogens is 213 g/mol. The highest BCUT2D eigenvalue weighted by Gasteiger charge is 2.30. The van der Waals surface area contributed by atoms with Crippen LogP contribution in [0.4, 0.5) is 4.39 Å². The lowest BCUT2D eigenvalue weighted by Crippen LogP contribution is -2.29. The zero-order valence-electron chi connectivity index (χ0n) is 8.76. The smallest absolute Gasteiger partial charge is 0.127 e. The molecule has 0 aliphatic heterocycles. The summed E-state index contributed by atoms with van der Waals surface area (Å²) in [6, 6.07) is 5.32. The number of nitrogens with one attached hydrogen (secondary N) is 1. The van der Waals surface area contributed by atoms with Crippen LogP contribution in [0.1, 0.15) is 18.4 Å². The maximum absolute atomic E-state index is 13.5. The molecule has 0 radical (unpaired) electrons. The molecule has 1 saturated carbocycles. The first kappa shape index (κ1) is 10.9. The molecule has 1 aliphatic rings. The second-order valence-electron chi connectivity index (χ2n) is 4.17. The highest BCUT2D eigenvalue weighted by atomic mass is 35.5. The van der Waals surface area contributed by atoms with Crippen LogP contribution in [0.3, 0.4) is 0 Å². The SMILES string of the molecule is CNC(Cc1ccc(Cl)cc1F)C1CC1. The van der Waals surface area contributed by atoms with Gasteiger partial charge in [-0.25, -0.2) is 4.39 Å². The minimum absolute atomic E-state index is 0.191. The third kappa shape index (κ3) is 2.70. The van der Waals surface area contributed by atoms with Gasteiger partial charge in [0.05, 0.1) is 0 Å². The van der Waals surface area contributed by atoms with Crippen molar-refractivity contribution in [1.29, 1.82) is 0 Å². The summed E-state index contributed by atoms with van der Waals surface area (Å²) in [6.07, 6.45) is 3.28. The first-order valence-corrected chi connectivity index (χ1v) is 5.69. The Hall–Kier alpha value is -0.600. The predicted octanol–water partition coefficient (Wildman–Crippen LogP) is 3.02. The van der Waals surface area contributed by atoms with Crippen molar-refractivity contribution < 1.29 is 4.39 Å². The molecule has 1 unspecified atom stereocenters. The van der Waals surface area contributed by atoms with E-state index in [1.165, 1.54) is 18.9 Å². The van der Waals surface area contributed by atoms with Crippen LogP contribution in [0, 0.1) is 11.7 Å². The molecule has 0 heterocycles. The monoisotopic (exact) mass is 227 g/mol. The standard InChI is InChI=1S/C12H15ClFN/c1-15-12(8-2-3-8)6-9-4-5-10(13)7-11(9)14/h4-5,7-8,12,15H,2-3,6H2,1H3. The molecule has 1 aliphatic carbocycles. The second-order valence-corrected chi connectivity index (χ2v) is 4.61. The Morgan fingerprint density at radius 3 is 2.80 bits per heavy atom. The molecule has 0 bridgehead atoms. The molecule has 1 aromatic carbocycles. The lowest BCUT2D eigenvalue weighted by Gasteiger charge is -2.15. The molecule has 2 rings (SSSR count). The van der Waals surface area contributed by atoms with Crippen LogP contribution in [0.15, 0.2) is 18.2 Å². The first-order valence-electron chi connectivity index (χ1n) is 5.32. The fourth-order valence-electron chi connectivity index (χ4n) is 1.93. The van der Waals surface area contributed by atoms with Gasteiger partial charge in [-0.2, -0.15) is 0 Å². The average molecular weight is 228 g/mol. The quantitative estimate of drug-likeness (QED) is 0.834. The van der Waals surface area contributed by atoms with Crippen molar-refractivity contribution in [2.45, 2.75) is 25.3 Å². The largest absolute Gasteiger partial charge is 0.316 e. The summed E-state index contributed by atoms with van der Waals surface area (Å²) in [7, 11) is 1.94. The number of halogens is 2. The topological polar surface area (TPSA) is 12.0 Å². The van der Waals surface area contributed by atoms with E-state index in [0.717, 1.165) is 17.9 Å². The Morgan fingerprint density at radius 1 is 1.53 bits per heavy atom. The van der Waals surface area contributed by atoms with Gasteiger partial charge in [0.2, 0.25) is 0 Å². The van der Waals surface area contributed by atoms with E-state index in [1.807, 2.05) is 7.05 Å². The fourth-order valence-corrected chi connectivity index (χ4v) is 2.09. The lowest BCUT2D eigenvalue weighted by molar-refractivity contribution is 0.487. The van der Waals surface area contributed by atoms with Crippen LogP contribution in [0.2, 0.25) is 5.02 Å². The van der Waals surface area contributed by atoms with Crippen LogP contribution < -0.4 is 5.32 Å². The zero-order chi connectivity index (χ0) is 10.8.